The molecule has 166 valence electrons. The fourth-order valence-corrected chi connectivity index (χ4v) is 4.68. The van der Waals surface area contributed by atoms with E-state index in [1.54, 1.807) is 12.4 Å². The predicted octanol–water partition coefficient (Wildman–Crippen LogP) is 3.48. The largest absolute Gasteiger partial charge is 0.469 e. The van der Waals surface area contributed by atoms with Gasteiger partial charge in [0.1, 0.15) is 0 Å². The third-order valence-electron chi connectivity index (χ3n) is 5.98. The van der Waals surface area contributed by atoms with E-state index in [1.807, 2.05) is 30.5 Å². The monoisotopic (exact) mass is 449 g/mol. The van der Waals surface area contributed by atoms with Crippen molar-refractivity contribution in [2.45, 2.75) is 38.9 Å². The summed E-state index contributed by atoms with van der Waals surface area (Å²) in [6, 6.07) is 11.9. The van der Waals surface area contributed by atoms with Crippen LogP contribution in [0, 0.1) is 13.8 Å². The van der Waals surface area contributed by atoms with Gasteiger partial charge in [-0.3, -0.25) is 14.8 Å². The van der Waals surface area contributed by atoms with Crippen molar-refractivity contribution in [1.82, 2.24) is 24.8 Å². The van der Waals surface area contributed by atoms with Crippen LogP contribution in [0.3, 0.4) is 0 Å². The number of carbonyl (C=O) groups excluding carboxylic acids is 1. The molecule has 1 N–H and O–H groups in total. The SMILES string of the molecule is COC(=O)CCN1C(=S)NC(c2ccccn2)C1c1cc(C)n(Cc2cccnc2)c1C. The molecule has 4 rings (SSSR count). The number of nitrogens with one attached hydrogen (secondary N) is 1. The van der Waals surface area contributed by atoms with Crippen molar-refractivity contribution < 1.29 is 9.53 Å². The van der Waals surface area contributed by atoms with E-state index in [2.05, 4.69) is 50.7 Å². The second-order valence-electron chi connectivity index (χ2n) is 7.92. The van der Waals surface area contributed by atoms with Crippen molar-refractivity contribution >= 4 is 23.3 Å². The van der Waals surface area contributed by atoms with Crippen LogP contribution in [0.15, 0.2) is 55.0 Å². The molecular weight excluding hydrogens is 422 g/mol. The second-order valence-corrected chi connectivity index (χ2v) is 8.31. The number of aromatic nitrogens is 3. The van der Waals surface area contributed by atoms with E-state index in [1.165, 1.54) is 12.7 Å². The zero-order chi connectivity index (χ0) is 22.7. The van der Waals surface area contributed by atoms with Crippen molar-refractivity contribution in [3.63, 3.8) is 0 Å². The summed E-state index contributed by atoms with van der Waals surface area (Å²) in [4.78, 5) is 22.8. The van der Waals surface area contributed by atoms with E-state index >= 15 is 0 Å². The van der Waals surface area contributed by atoms with Crippen molar-refractivity contribution in [1.29, 1.82) is 0 Å². The highest BCUT2D eigenvalue weighted by molar-refractivity contribution is 7.80. The first-order chi connectivity index (χ1) is 15.5. The fraction of sp³-hybridized carbons (Fsp3) is 0.333. The maximum Gasteiger partial charge on any atom is 0.307 e. The minimum absolute atomic E-state index is 0.0871. The van der Waals surface area contributed by atoms with Gasteiger partial charge in [0.25, 0.3) is 0 Å². The third-order valence-corrected chi connectivity index (χ3v) is 6.33. The molecule has 0 spiro atoms. The summed E-state index contributed by atoms with van der Waals surface area (Å²) < 4.78 is 7.15. The Hall–Kier alpha value is -3.26. The van der Waals surface area contributed by atoms with Gasteiger partial charge in [-0.05, 0) is 61.5 Å². The lowest BCUT2D eigenvalue weighted by Crippen LogP contribution is -2.32. The Balaban J connectivity index is 1.73. The van der Waals surface area contributed by atoms with Gasteiger partial charge in [-0.1, -0.05) is 12.1 Å². The molecule has 0 radical (unpaired) electrons. The third kappa shape index (κ3) is 4.36. The van der Waals surface area contributed by atoms with Gasteiger partial charge in [-0.2, -0.15) is 0 Å². The number of thiocarbonyl (C=S) groups is 1. The van der Waals surface area contributed by atoms with E-state index < -0.39 is 0 Å². The van der Waals surface area contributed by atoms with Gasteiger partial charge < -0.3 is 19.5 Å². The molecule has 0 amide bonds. The van der Waals surface area contributed by atoms with Gasteiger partial charge in [0.2, 0.25) is 0 Å². The average molecular weight is 450 g/mol. The molecule has 2 atom stereocenters. The van der Waals surface area contributed by atoms with Crippen molar-refractivity contribution in [2.75, 3.05) is 13.7 Å². The van der Waals surface area contributed by atoms with Gasteiger partial charge in [0.15, 0.2) is 5.11 Å². The normalized spacial score (nSPS) is 18.0. The minimum atomic E-state index is -0.255. The molecule has 0 bridgehead atoms. The zero-order valence-corrected chi connectivity index (χ0v) is 19.3. The van der Waals surface area contributed by atoms with Gasteiger partial charge in [0.05, 0.1) is 31.3 Å². The molecule has 3 aromatic rings. The molecule has 1 aliphatic heterocycles. The van der Waals surface area contributed by atoms with Crippen LogP contribution in [0.2, 0.25) is 0 Å². The molecule has 8 heteroatoms. The van der Waals surface area contributed by atoms with Gasteiger partial charge >= 0.3 is 5.97 Å². The Labute approximate surface area is 193 Å². The van der Waals surface area contributed by atoms with E-state index in [4.69, 9.17) is 17.0 Å². The Morgan fingerprint density at radius 2 is 2.06 bits per heavy atom. The summed E-state index contributed by atoms with van der Waals surface area (Å²) >= 11 is 5.69. The summed E-state index contributed by atoms with van der Waals surface area (Å²) in [6.07, 6.45) is 5.73. The molecule has 4 heterocycles. The lowest BCUT2D eigenvalue weighted by atomic mass is 9.96. The van der Waals surface area contributed by atoms with E-state index in [-0.39, 0.29) is 24.5 Å². The van der Waals surface area contributed by atoms with E-state index in [0.717, 1.165) is 29.2 Å². The number of esters is 1. The molecule has 0 aromatic carbocycles. The number of rotatable bonds is 7. The van der Waals surface area contributed by atoms with Crippen LogP contribution in [0.25, 0.3) is 0 Å². The Kier molecular flexibility index (Phi) is 6.50. The van der Waals surface area contributed by atoms with Crippen LogP contribution in [0.5, 0.6) is 0 Å². The Morgan fingerprint density at radius 3 is 2.75 bits per heavy atom. The molecule has 0 aliphatic carbocycles. The number of hydrogen-bond acceptors (Lipinski definition) is 5. The predicted molar refractivity (Wildman–Crippen MR) is 126 cm³/mol. The van der Waals surface area contributed by atoms with Crippen molar-refractivity contribution in [3.05, 3.63) is 83.2 Å². The van der Waals surface area contributed by atoms with Crippen LogP contribution in [-0.4, -0.2) is 44.2 Å². The molecular formula is C24H27N5O2S. The molecule has 3 aromatic heterocycles. The van der Waals surface area contributed by atoms with Crippen molar-refractivity contribution in [3.8, 4) is 0 Å². The summed E-state index contributed by atoms with van der Waals surface area (Å²) in [7, 11) is 1.41. The fourth-order valence-electron chi connectivity index (χ4n) is 4.34. The number of nitrogens with zero attached hydrogens (tertiary/aromatic N) is 4. The number of carbonyl (C=O) groups is 1. The average Bonchev–Trinajstić information content (AvgIpc) is 3.29. The van der Waals surface area contributed by atoms with Gasteiger partial charge in [0, 0.05) is 43.1 Å². The number of aryl methyl sites for hydroxylation is 1. The lowest BCUT2D eigenvalue weighted by Gasteiger charge is -2.28. The maximum atomic E-state index is 11.9. The van der Waals surface area contributed by atoms with Gasteiger partial charge in [-0.25, -0.2) is 0 Å². The smallest absolute Gasteiger partial charge is 0.307 e. The molecule has 32 heavy (non-hydrogen) atoms. The highest BCUT2D eigenvalue weighted by Gasteiger charge is 2.41. The summed E-state index contributed by atoms with van der Waals surface area (Å²) in [5, 5.41) is 4.06. The summed E-state index contributed by atoms with van der Waals surface area (Å²) in [6.45, 7) is 5.46. The molecule has 1 fully saturated rings. The molecule has 7 nitrogen and oxygen atoms in total. The first-order valence-electron chi connectivity index (χ1n) is 10.6. The molecule has 2 unspecified atom stereocenters. The van der Waals surface area contributed by atoms with Crippen LogP contribution in [-0.2, 0) is 16.1 Å². The van der Waals surface area contributed by atoms with Crippen LogP contribution in [0.1, 0.15) is 46.7 Å². The summed E-state index contributed by atoms with van der Waals surface area (Å²) in [5.74, 6) is -0.255. The minimum Gasteiger partial charge on any atom is -0.469 e. The molecule has 1 saturated heterocycles. The van der Waals surface area contributed by atoms with E-state index in [9.17, 15) is 4.79 Å². The standard InChI is InChI=1S/C24H27N5O2S/c1-16-13-19(17(2)29(16)15-18-7-6-10-25-14-18)23-22(20-8-4-5-11-26-20)27-24(32)28(23)12-9-21(30)31-3/h4-8,10-11,13-14,22-23H,9,12,15H2,1-3H3,(H,27,32). The van der Waals surface area contributed by atoms with Crippen LogP contribution < -0.4 is 5.32 Å². The maximum absolute atomic E-state index is 11.9. The Bertz CT molecular complexity index is 1100. The summed E-state index contributed by atoms with van der Waals surface area (Å²) in [5.41, 5.74) is 5.54. The lowest BCUT2D eigenvalue weighted by molar-refractivity contribution is -0.140. The zero-order valence-electron chi connectivity index (χ0n) is 18.5. The molecule has 0 saturated carbocycles. The van der Waals surface area contributed by atoms with E-state index in [0.29, 0.717) is 11.7 Å². The number of pyridine rings is 2. The van der Waals surface area contributed by atoms with Crippen LogP contribution in [0.4, 0.5) is 0 Å². The first kappa shape index (κ1) is 22.0. The second kappa shape index (κ2) is 9.48. The highest BCUT2D eigenvalue weighted by atomic mass is 32.1. The first-order valence-corrected chi connectivity index (χ1v) is 11.0. The van der Waals surface area contributed by atoms with Crippen molar-refractivity contribution in [2.24, 2.45) is 0 Å². The molecule has 1 aliphatic rings. The number of methoxy groups -OCH3 is 1. The Morgan fingerprint density at radius 1 is 1.22 bits per heavy atom. The van der Waals surface area contributed by atoms with Gasteiger partial charge in [-0.15, -0.1) is 0 Å². The topological polar surface area (TPSA) is 72.3 Å². The quantitative estimate of drug-likeness (QED) is 0.437. The number of ether oxygens (including phenoxy) is 1. The highest BCUT2D eigenvalue weighted by Crippen LogP contribution is 2.41. The van der Waals surface area contributed by atoms with Crippen LogP contribution >= 0.6 is 12.2 Å². The number of hydrogen-bond donors (Lipinski definition) is 1.